The number of hydrogen-bond donors (Lipinski definition) is 1. The molecule has 3 rings (SSSR count). The highest BCUT2D eigenvalue weighted by Crippen LogP contribution is 2.38. The number of likely N-dealkylation sites (tertiary alicyclic amines) is 1. The van der Waals surface area contributed by atoms with Gasteiger partial charge in [-0.3, -0.25) is 9.69 Å². The normalized spacial score (nSPS) is 20.5. The van der Waals surface area contributed by atoms with Crippen LogP contribution in [0, 0.1) is 5.41 Å². The number of halogens is 2. The molecule has 0 aromatic heterocycles. The third kappa shape index (κ3) is 3.76. The Bertz CT molecular complexity index is 545. The standard InChI is InChI=1S/C16H21BrN2O2.ClH/c1-21-14-3-2-12(8-13(14)17)10-19-6-4-16(5-7-19)9-15(20)18-11-16;/h2-3,8H,4-7,9-11H2,1H3,(H,18,20);1H. The Hall–Kier alpha value is -0.780. The van der Waals surface area contributed by atoms with Crippen LogP contribution in [0.4, 0.5) is 0 Å². The minimum atomic E-state index is 0. The largest absolute Gasteiger partial charge is 0.496 e. The van der Waals surface area contributed by atoms with E-state index in [0.29, 0.717) is 0 Å². The minimum absolute atomic E-state index is 0. The van der Waals surface area contributed by atoms with Gasteiger partial charge in [0, 0.05) is 19.5 Å². The molecule has 22 heavy (non-hydrogen) atoms. The number of carbonyl (C=O) groups excluding carboxylic acids is 1. The van der Waals surface area contributed by atoms with Crippen molar-refractivity contribution in [3.8, 4) is 5.75 Å². The Labute approximate surface area is 146 Å². The van der Waals surface area contributed by atoms with Crippen LogP contribution in [0.15, 0.2) is 22.7 Å². The lowest BCUT2D eigenvalue weighted by molar-refractivity contribution is -0.119. The second kappa shape index (κ2) is 7.20. The molecule has 1 aromatic rings. The van der Waals surface area contributed by atoms with Crippen molar-refractivity contribution in [2.45, 2.75) is 25.8 Å². The zero-order valence-corrected chi connectivity index (χ0v) is 15.1. The average Bonchev–Trinajstić information content (AvgIpc) is 2.83. The first kappa shape index (κ1) is 17.6. The Kier molecular flexibility index (Phi) is 5.75. The summed E-state index contributed by atoms with van der Waals surface area (Å²) < 4.78 is 6.27. The summed E-state index contributed by atoms with van der Waals surface area (Å²) in [5, 5.41) is 2.99. The topological polar surface area (TPSA) is 41.6 Å². The number of nitrogens with zero attached hydrogens (tertiary/aromatic N) is 1. The number of carbonyl (C=O) groups is 1. The van der Waals surface area contributed by atoms with Gasteiger partial charge in [-0.05, 0) is 65.0 Å². The molecular weight excluding hydrogens is 368 g/mol. The lowest BCUT2D eigenvalue weighted by Crippen LogP contribution is -2.40. The number of methoxy groups -OCH3 is 1. The second-order valence-corrected chi connectivity index (χ2v) is 7.05. The molecule has 122 valence electrons. The van der Waals surface area contributed by atoms with E-state index in [0.717, 1.165) is 55.7 Å². The molecule has 0 saturated carbocycles. The van der Waals surface area contributed by atoms with Crippen LogP contribution in [0.5, 0.6) is 5.75 Å². The summed E-state index contributed by atoms with van der Waals surface area (Å²) in [6.07, 6.45) is 2.95. The molecule has 0 bridgehead atoms. The third-order valence-electron chi connectivity index (χ3n) is 4.74. The molecule has 6 heteroatoms. The average molecular weight is 390 g/mol. The Balaban J connectivity index is 0.00000176. The van der Waals surface area contributed by atoms with Crippen molar-refractivity contribution in [1.82, 2.24) is 10.2 Å². The summed E-state index contributed by atoms with van der Waals surface area (Å²) in [5.41, 5.74) is 1.52. The summed E-state index contributed by atoms with van der Waals surface area (Å²) in [5.74, 6) is 1.09. The van der Waals surface area contributed by atoms with Crippen molar-refractivity contribution in [2.75, 3.05) is 26.7 Å². The zero-order valence-electron chi connectivity index (χ0n) is 12.7. The van der Waals surface area contributed by atoms with E-state index in [-0.39, 0.29) is 23.7 Å². The smallest absolute Gasteiger partial charge is 0.220 e. The van der Waals surface area contributed by atoms with Gasteiger partial charge in [-0.2, -0.15) is 0 Å². The third-order valence-corrected chi connectivity index (χ3v) is 5.35. The van der Waals surface area contributed by atoms with Crippen LogP contribution in [0.3, 0.4) is 0 Å². The molecule has 0 atom stereocenters. The zero-order chi connectivity index (χ0) is 14.9. The molecule has 2 heterocycles. The van der Waals surface area contributed by atoms with Crippen LogP contribution in [-0.2, 0) is 11.3 Å². The van der Waals surface area contributed by atoms with Crippen molar-refractivity contribution in [3.05, 3.63) is 28.2 Å². The fourth-order valence-electron chi connectivity index (χ4n) is 3.36. The molecule has 1 spiro atoms. The molecule has 0 radical (unpaired) electrons. The summed E-state index contributed by atoms with van der Waals surface area (Å²) in [6, 6.07) is 6.25. The first-order valence-electron chi connectivity index (χ1n) is 7.42. The number of rotatable bonds is 3. The van der Waals surface area contributed by atoms with E-state index in [1.165, 1.54) is 5.56 Å². The van der Waals surface area contributed by atoms with Gasteiger partial charge in [-0.25, -0.2) is 0 Å². The van der Waals surface area contributed by atoms with Crippen LogP contribution >= 0.6 is 28.3 Å². The summed E-state index contributed by atoms with van der Waals surface area (Å²) in [4.78, 5) is 13.9. The van der Waals surface area contributed by atoms with Gasteiger partial charge in [0.25, 0.3) is 0 Å². The highest BCUT2D eigenvalue weighted by molar-refractivity contribution is 9.10. The van der Waals surface area contributed by atoms with Gasteiger partial charge in [0.1, 0.15) is 5.75 Å². The Morgan fingerprint density at radius 3 is 2.64 bits per heavy atom. The van der Waals surface area contributed by atoms with E-state index in [1.54, 1.807) is 7.11 Å². The maximum absolute atomic E-state index is 11.4. The van der Waals surface area contributed by atoms with Crippen LogP contribution in [0.25, 0.3) is 0 Å². The molecule has 0 unspecified atom stereocenters. The second-order valence-electron chi connectivity index (χ2n) is 6.20. The fourth-order valence-corrected chi connectivity index (χ4v) is 3.95. The van der Waals surface area contributed by atoms with Crippen molar-refractivity contribution in [3.63, 3.8) is 0 Å². The van der Waals surface area contributed by atoms with Crippen molar-refractivity contribution in [1.29, 1.82) is 0 Å². The van der Waals surface area contributed by atoms with Crippen molar-refractivity contribution in [2.24, 2.45) is 5.41 Å². The molecule has 1 amide bonds. The van der Waals surface area contributed by atoms with Crippen LogP contribution in [0.2, 0.25) is 0 Å². The first-order chi connectivity index (χ1) is 10.1. The van der Waals surface area contributed by atoms with Crippen molar-refractivity contribution >= 4 is 34.2 Å². The molecule has 2 aliphatic heterocycles. The number of benzene rings is 1. The van der Waals surface area contributed by atoms with Gasteiger partial charge in [0.2, 0.25) is 5.91 Å². The van der Waals surface area contributed by atoms with Crippen LogP contribution < -0.4 is 10.1 Å². The van der Waals surface area contributed by atoms with E-state index in [1.807, 2.05) is 6.07 Å². The molecule has 2 aliphatic rings. The monoisotopic (exact) mass is 388 g/mol. The van der Waals surface area contributed by atoms with E-state index in [9.17, 15) is 4.79 Å². The molecule has 2 saturated heterocycles. The number of ether oxygens (including phenoxy) is 1. The lowest BCUT2D eigenvalue weighted by Gasteiger charge is -2.38. The Morgan fingerprint density at radius 1 is 1.36 bits per heavy atom. The SMILES string of the molecule is COc1ccc(CN2CCC3(CC2)CNC(=O)C3)cc1Br.Cl. The highest BCUT2D eigenvalue weighted by Gasteiger charge is 2.40. The maximum atomic E-state index is 11.4. The quantitative estimate of drug-likeness (QED) is 0.864. The van der Waals surface area contributed by atoms with E-state index >= 15 is 0 Å². The molecule has 0 aliphatic carbocycles. The van der Waals surface area contributed by atoms with E-state index in [4.69, 9.17) is 4.74 Å². The lowest BCUT2D eigenvalue weighted by atomic mass is 9.77. The highest BCUT2D eigenvalue weighted by atomic mass is 79.9. The summed E-state index contributed by atoms with van der Waals surface area (Å²) >= 11 is 3.54. The number of amides is 1. The number of nitrogens with one attached hydrogen (secondary N) is 1. The van der Waals surface area contributed by atoms with Gasteiger partial charge in [-0.1, -0.05) is 6.07 Å². The predicted octanol–water partition coefficient (Wildman–Crippen LogP) is 2.98. The first-order valence-corrected chi connectivity index (χ1v) is 8.21. The van der Waals surface area contributed by atoms with Gasteiger partial charge in [-0.15, -0.1) is 12.4 Å². The van der Waals surface area contributed by atoms with E-state index in [2.05, 4.69) is 38.3 Å². The van der Waals surface area contributed by atoms with Crippen LogP contribution in [0.1, 0.15) is 24.8 Å². The summed E-state index contributed by atoms with van der Waals surface area (Å²) in [6.45, 7) is 3.96. The molecule has 1 N–H and O–H groups in total. The van der Waals surface area contributed by atoms with E-state index < -0.39 is 0 Å². The number of hydrogen-bond acceptors (Lipinski definition) is 3. The number of piperidine rings is 1. The predicted molar refractivity (Wildman–Crippen MR) is 92.5 cm³/mol. The summed E-state index contributed by atoms with van der Waals surface area (Å²) in [7, 11) is 1.68. The fraction of sp³-hybridized carbons (Fsp3) is 0.562. The van der Waals surface area contributed by atoms with Gasteiger partial charge in [0.05, 0.1) is 11.6 Å². The molecular formula is C16H22BrClN2O2. The van der Waals surface area contributed by atoms with Crippen molar-refractivity contribution < 1.29 is 9.53 Å². The molecule has 1 aromatic carbocycles. The van der Waals surface area contributed by atoms with Gasteiger partial charge >= 0.3 is 0 Å². The van der Waals surface area contributed by atoms with Crippen LogP contribution in [-0.4, -0.2) is 37.6 Å². The van der Waals surface area contributed by atoms with Gasteiger partial charge < -0.3 is 10.1 Å². The maximum Gasteiger partial charge on any atom is 0.220 e. The minimum Gasteiger partial charge on any atom is -0.496 e. The van der Waals surface area contributed by atoms with Gasteiger partial charge in [0.15, 0.2) is 0 Å². The Morgan fingerprint density at radius 2 is 2.09 bits per heavy atom. The molecule has 4 nitrogen and oxygen atoms in total. The molecule has 2 fully saturated rings.